The van der Waals surface area contributed by atoms with Gasteiger partial charge in [-0.25, -0.2) is 0 Å². The first-order valence-electron chi connectivity index (χ1n) is 6.42. The molecule has 4 nitrogen and oxygen atoms in total. The Balaban J connectivity index is 2.11. The van der Waals surface area contributed by atoms with Gasteiger partial charge in [0.2, 0.25) is 0 Å². The molecule has 0 aliphatic carbocycles. The first-order valence-corrected chi connectivity index (χ1v) is 7.83. The number of aryl methyl sites for hydroxylation is 1. The Labute approximate surface area is 123 Å². The largest absolute Gasteiger partial charge is 0.379 e. The summed E-state index contributed by atoms with van der Waals surface area (Å²) in [7, 11) is -3.92. The average Bonchev–Trinajstić information content (AvgIpc) is 2.49. The third-order valence-electron chi connectivity index (χ3n) is 3.16. The third-order valence-corrected chi connectivity index (χ3v) is 4.43. The van der Waals surface area contributed by atoms with Crippen molar-refractivity contribution in [3.05, 3.63) is 66.4 Å². The second kappa shape index (κ2) is 5.18. The van der Waals surface area contributed by atoms with Crippen molar-refractivity contribution in [1.82, 2.24) is 4.98 Å². The number of rotatable bonds is 3. The highest BCUT2D eigenvalue weighted by Gasteiger charge is 2.21. The summed E-state index contributed by atoms with van der Waals surface area (Å²) in [5.74, 6) is 0.324. The van der Waals surface area contributed by atoms with Gasteiger partial charge in [-0.2, -0.15) is 8.42 Å². The summed E-state index contributed by atoms with van der Waals surface area (Å²) in [6.45, 7) is 1.80. The van der Waals surface area contributed by atoms with Gasteiger partial charge in [-0.15, -0.1) is 0 Å². The average molecular weight is 299 g/mol. The number of fused-ring (bicyclic) bond motifs is 1. The molecule has 5 heteroatoms. The summed E-state index contributed by atoms with van der Waals surface area (Å²) >= 11 is 0. The Morgan fingerprint density at radius 3 is 2.52 bits per heavy atom. The number of hydrogen-bond acceptors (Lipinski definition) is 4. The third kappa shape index (κ3) is 2.60. The van der Waals surface area contributed by atoms with E-state index in [0.717, 1.165) is 10.9 Å². The van der Waals surface area contributed by atoms with Gasteiger partial charge in [-0.05, 0) is 30.7 Å². The summed E-state index contributed by atoms with van der Waals surface area (Å²) in [6, 6.07) is 15.6. The summed E-state index contributed by atoms with van der Waals surface area (Å²) in [4.78, 5) is 4.23. The van der Waals surface area contributed by atoms with Crippen LogP contribution in [0.5, 0.6) is 5.75 Å². The van der Waals surface area contributed by atoms with Gasteiger partial charge < -0.3 is 4.18 Å². The molecule has 0 saturated heterocycles. The van der Waals surface area contributed by atoms with Crippen LogP contribution < -0.4 is 4.18 Å². The van der Waals surface area contributed by atoms with Crippen molar-refractivity contribution in [2.45, 2.75) is 11.8 Å². The minimum absolute atomic E-state index is 0.0730. The fourth-order valence-electron chi connectivity index (χ4n) is 2.09. The summed E-state index contributed by atoms with van der Waals surface area (Å²) in [6.07, 6.45) is 1.56. The van der Waals surface area contributed by atoms with Gasteiger partial charge in [-0.3, -0.25) is 4.98 Å². The van der Waals surface area contributed by atoms with Crippen LogP contribution in [0.4, 0.5) is 0 Å². The zero-order valence-electron chi connectivity index (χ0n) is 11.4. The lowest BCUT2D eigenvalue weighted by molar-refractivity contribution is 0.485. The van der Waals surface area contributed by atoms with E-state index in [9.17, 15) is 8.42 Å². The second-order valence-electron chi connectivity index (χ2n) is 4.63. The van der Waals surface area contributed by atoms with Gasteiger partial charge in [0, 0.05) is 11.6 Å². The quantitative estimate of drug-likeness (QED) is 0.696. The number of para-hydroxylation sites is 2. The number of pyridine rings is 1. The molecule has 0 bridgehead atoms. The molecule has 0 N–H and O–H groups in total. The maximum Gasteiger partial charge on any atom is 0.341 e. The molecule has 0 aliphatic heterocycles. The molecule has 0 saturated carbocycles. The molecule has 0 unspecified atom stereocenters. The maximum absolute atomic E-state index is 12.5. The van der Waals surface area contributed by atoms with Gasteiger partial charge in [0.1, 0.15) is 10.6 Å². The topological polar surface area (TPSA) is 56.3 Å². The molecule has 0 radical (unpaired) electrons. The Morgan fingerprint density at radius 1 is 0.952 bits per heavy atom. The Morgan fingerprint density at radius 2 is 1.71 bits per heavy atom. The van der Waals surface area contributed by atoms with E-state index in [4.69, 9.17) is 4.18 Å². The van der Waals surface area contributed by atoms with Gasteiger partial charge in [0.25, 0.3) is 0 Å². The number of hydrogen-bond donors (Lipinski definition) is 0. The Hall–Kier alpha value is -2.40. The van der Waals surface area contributed by atoms with E-state index in [2.05, 4.69) is 4.98 Å². The van der Waals surface area contributed by atoms with Gasteiger partial charge in [0.15, 0.2) is 0 Å². The van der Waals surface area contributed by atoms with Crippen molar-refractivity contribution in [3.8, 4) is 5.75 Å². The SMILES string of the molecule is Cc1ccccc1OS(=O)(=O)c1cccc2cccnc12. The predicted molar refractivity (Wildman–Crippen MR) is 80.7 cm³/mol. The van der Waals surface area contributed by atoms with E-state index in [1.165, 1.54) is 6.07 Å². The molecule has 2 aromatic carbocycles. The smallest absolute Gasteiger partial charge is 0.341 e. The summed E-state index contributed by atoms with van der Waals surface area (Å²) < 4.78 is 30.3. The minimum atomic E-state index is -3.92. The first kappa shape index (κ1) is 13.6. The van der Waals surface area contributed by atoms with Crippen LogP contribution in [0.25, 0.3) is 10.9 Å². The van der Waals surface area contributed by atoms with Gasteiger partial charge in [0.05, 0.1) is 5.52 Å². The van der Waals surface area contributed by atoms with Crippen LogP contribution in [-0.2, 0) is 10.1 Å². The van der Waals surface area contributed by atoms with Crippen LogP contribution in [0.15, 0.2) is 65.7 Å². The van der Waals surface area contributed by atoms with Crippen LogP contribution >= 0.6 is 0 Å². The number of benzene rings is 2. The molecular weight excluding hydrogens is 286 g/mol. The van der Waals surface area contributed by atoms with E-state index >= 15 is 0 Å². The van der Waals surface area contributed by atoms with Crippen molar-refractivity contribution >= 4 is 21.0 Å². The summed E-state index contributed by atoms with van der Waals surface area (Å²) in [5.41, 5.74) is 1.17. The molecule has 3 aromatic rings. The van der Waals surface area contributed by atoms with E-state index in [0.29, 0.717) is 11.3 Å². The molecule has 0 fully saturated rings. The van der Waals surface area contributed by atoms with Crippen LogP contribution in [0.3, 0.4) is 0 Å². The predicted octanol–water partition coefficient (Wildman–Crippen LogP) is 3.31. The molecular formula is C16H13NO3S. The fraction of sp³-hybridized carbons (Fsp3) is 0.0625. The maximum atomic E-state index is 12.5. The van der Waals surface area contributed by atoms with E-state index in [-0.39, 0.29) is 4.90 Å². The fourth-order valence-corrected chi connectivity index (χ4v) is 3.26. The number of nitrogens with zero attached hydrogens (tertiary/aromatic N) is 1. The lowest BCUT2D eigenvalue weighted by Gasteiger charge is -2.10. The van der Waals surface area contributed by atoms with E-state index < -0.39 is 10.1 Å². The standard InChI is InChI=1S/C16H13NO3S/c1-12-6-2-3-9-14(12)20-21(18,19)15-10-4-7-13-8-5-11-17-16(13)15/h2-11H,1H3. The molecule has 3 rings (SSSR count). The highest BCUT2D eigenvalue weighted by atomic mass is 32.2. The van der Waals surface area contributed by atoms with E-state index in [1.54, 1.807) is 43.5 Å². The Bertz CT molecular complexity index is 899. The van der Waals surface area contributed by atoms with Crippen molar-refractivity contribution in [2.24, 2.45) is 0 Å². The zero-order chi connectivity index (χ0) is 14.9. The highest BCUT2D eigenvalue weighted by molar-refractivity contribution is 7.87. The normalized spacial score (nSPS) is 11.5. The molecule has 0 amide bonds. The van der Waals surface area contributed by atoms with Gasteiger partial charge >= 0.3 is 10.1 Å². The molecule has 0 aliphatic rings. The lowest BCUT2D eigenvalue weighted by atomic mass is 10.2. The Kier molecular flexibility index (Phi) is 3.35. The minimum Gasteiger partial charge on any atom is -0.379 e. The van der Waals surface area contributed by atoms with E-state index in [1.807, 2.05) is 18.2 Å². The van der Waals surface area contributed by atoms with Crippen molar-refractivity contribution in [1.29, 1.82) is 0 Å². The first-order chi connectivity index (χ1) is 10.1. The highest BCUT2D eigenvalue weighted by Crippen LogP contribution is 2.26. The molecule has 1 aromatic heterocycles. The molecule has 21 heavy (non-hydrogen) atoms. The monoisotopic (exact) mass is 299 g/mol. The zero-order valence-corrected chi connectivity index (χ0v) is 12.2. The van der Waals surface area contributed by atoms with Crippen molar-refractivity contribution in [2.75, 3.05) is 0 Å². The van der Waals surface area contributed by atoms with Crippen LogP contribution in [0, 0.1) is 6.92 Å². The number of aromatic nitrogens is 1. The lowest BCUT2D eigenvalue weighted by Crippen LogP contribution is -2.11. The second-order valence-corrected chi connectivity index (χ2v) is 6.15. The van der Waals surface area contributed by atoms with Crippen molar-refractivity contribution < 1.29 is 12.6 Å². The van der Waals surface area contributed by atoms with Crippen molar-refractivity contribution in [3.63, 3.8) is 0 Å². The molecule has 1 heterocycles. The van der Waals surface area contributed by atoms with Crippen LogP contribution in [0.2, 0.25) is 0 Å². The van der Waals surface area contributed by atoms with Gasteiger partial charge in [-0.1, -0.05) is 36.4 Å². The summed E-state index contributed by atoms with van der Waals surface area (Å²) in [5, 5.41) is 0.756. The van der Waals surface area contributed by atoms with Crippen LogP contribution in [-0.4, -0.2) is 13.4 Å². The van der Waals surface area contributed by atoms with Crippen LogP contribution in [0.1, 0.15) is 5.56 Å². The molecule has 0 atom stereocenters. The molecule has 106 valence electrons. The molecule has 0 spiro atoms.